The largest absolute Gasteiger partial charge is 0.468 e. The summed E-state index contributed by atoms with van der Waals surface area (Å²) in [5.41, 5.74) is 1.21. The van der Waals surface area contributed by atoms with Crippen molar-refractivity contribution in [3.05, 3.63) is 29.8 Å². The standard InChI is InChI=1S/C14H21NO2S/c1-11(2)15(10-14(16)17-3)9-12-5-7-13(18-4)8-6-12/h5-8,11H,9-10H2,1-4H3. The van der Waals surface area contributed by atoms with Gasteiger partial charge in [-0.15, -0.1) is 11.8 Å². The molecule has 18 heavy (non-hydrogen) atoms. The number of ether oxygens (including phenoxy) is 1. The van der Waals surface area contributed by atoms with Gasteiger partial charge in [-0.25, -0.2) is 0 Å². The fourth-order valence-electron chi connectivity index (χ4n) is 1.62. The highest BCUT2D eigenvalue weighted by molar-refractivity contribution is 7.98. The Kier molecular flexibility index (Phi) is 6.22. The van der Waals surface area contributed by atoms with Gasteiger partial charge < -0.3 is 4.74 Å². The van der Waals surface area contributed by atoms with Crippen molar-refractivity contribution in [3.8, 4) is 0 Å². The van der Waals surface area contributed by atoms with Crippen LogP contribution < -0.4 is 0 Å². The predicted molar refractivity (Wildman–Crippen MR) is 75.8 cm³/mol. The van der Waals surface area contributed by atoms with Gasteiger partial charge >= 0.3 is 5.97 Å². The zero-order valence-electron chi connectivity index (χ0n) is 11.5. The minimum Gasteiger partial charge on any atom is -0.468 e. The van der Waals surface area contributed by atoms with Gasteiger partial charge in [-0.05, 0) is 37.8 Å². The fourth-order valence-corrected chi connectivity index (χ4v) is 2.03. The van der Waals surface area contributed by atoms with Crippen molar-refractivity contribution in [1.29, 1.82) is 0 Å². The summed E-state index contributed by atoms with van der Waals surface area (Å²) in [5, 5.41) is 0. The summed E-state index contributed by atoms with van der Waals surface area (Å²) in [6.45, 7) is 5.26. The lowest BCUT2D eigenvalue weighted by Crippen LogP contribution is -2.35. The van der Waals surface area contributed by atoms with Crippen molar-refractivity contribution in [2.75, 3.05) is 19.9 Å². The summed E-state index contributed by atoms with van der Waals surface area (Å²) in [6.07, 6.45) is 2.06. The molecule has 0 bridgehead atoms. The van der Waals surface area contributed by atoms with E-state index < -0.39 is 0 Å². The average Bonchev–Trinajstić information content (AvgIpc) is 2.38. The number of carbonyl (C=O) groups excluding carboxylic acids is 1. The van der Waals surface area contributed by atoms with E-state index in [0.29, 0.717) is 12.6 Å². The average molecular weight is 267 g/mol. The predicted octanol–water partition coefficient (Wildman–Crippen LogP) is 2.79. The summed E-state index contributed by atoms with van der Waals surface area (Å²) < 4.78 is 4.72. The van der Waals surface area contributed by atoms with Crippen LogP contribution in [0.3, 0.4) is 0 Å². The molecule has 1 aromatic rings. The molecule has 0 aliphatic carbocycles. The van der Waals surface area contributed by atoms with Gasteiger partial charge in [-0.1, -0.05) is 12.1 Å². The van der Waals surface area contributed by atoms with E-state index in [1.54, 1.807) is 11.8 Å². The first-order chi connectivity index (χ1) is 8.56. The van der Waals surface area contributed by atoms with Gasteiger partial charge in [0, 0.05) is 17.5 Å². The van der Waals surface area contributed by atoms with E-state index in [0.717, 1.165) is 6.54 Å². The lowest BCUT2D eigenvalue weighted by atomic mass is 10.2. The molecule has 1 aromatic carbocycles. The van der Waals surface area contributed by atoms with Crippen LogP contribution in [0.25, 0.3) is 0 Å². The summed E-state index contributed by atoms with van der Waals surface area (Å²) in [4.78, 5) is 14.7. The number of carbonyl (C=O) groups is 1. The molecule has 0 saturated heterocycles. The number of thioether (sulfide) groups is 1. The van der Waals surface area contributed by atoms with E-state index in [-0.39, 0.29) is 5.97 Å². The number of nitrogens with zero attached hydrogens (tertiary/aromatic N) is 1. The normalized spacial score (nSPS) is 11.0. The number of benzene rings is 1. The Morgan fingerprint density at radius 2 is 1.94 bits per heavy atom. The van der Waals surface area contributed by atoms with Gasteiger partial charge in [-0.2, -0.15) is 0 Å². The molecular formula is C14H21NO2S. The minimum atomic E-state index is -0.190. The second-order valence-electron chi connectivity index (χ2n) is 4.42. The molecule has 0 radical (unpaired) electrons. The Morgan fingerprint density at radius 1 is 1.33 bits per heavy atom. The Hall–Kier alpha value is -1.00. The maximum absolute atomic E-state index is 11.4. The lowest BCUT2D eigenvalue weighted by molar-refractivity contribution is -0.142. The molecule has 0 N–H and O–H groups in total. The van der Waals surface area contributed by atoms with Gasteiger partial charge in [-0.3, -0.25) is 9.69 Å². The van der Waals surface area contributed by atoms with Crippen LogP contribution in [0.5, 0.6) is 0 Å². The van der Waals surface area contributed by atoms with E-state index in [1.165, 1.54) is 17.6 Å². The molecule has 4 heteroatoms. The van der Waals surface area contributed by atoms with E-state index >= 15 is 0 Å². The van der Waals surface area contributed by atoms with Gasteiger partial charge in [0.05, 0.1) is 13.7 Å². The van der Waals surface area contributed by atoms with Gasteiger partial charge in [0.25, 0.3) is 0 Å². The van der Waals surface area contributed by atoms with Crippen LogP contribution >= 0.6 is 11.8 Å². The third-order valence-electron chi connectivity index (χ3n) is 2.83. The highest BCUT2D eigenvalue weighted by atomic mass is 32.2. The molecule has 0 aromatic heterocycles. The van der Waals surface area contributed by atoms with E-state index in [2.05, 4.69) is 49.3 Å². The lowest BCUT2D eigenvalue weighted by Gasteiger charge is -2.25. The Bertz CT molecular complexity index is 376. The Balaban J connectivity index is 2.67. The quantitative estimate of drug-likeness (QED) is 0.585. The number of hydrogen-bond donors (Lipinski definition) is 0. The molecule has 0 atom stereocenters. The smallest absolute Gasteiger partial charge is 0.319 e. The highest BCUT2D eigenvalue weighted by Crippen LogP contribution is 2.16. The zero-order valence-corrected chi connectivity index (χ0v) is 12.3. The van der Waals surface area contributed by atoms with Crippen molar-refractivity contribution < 1.29 is 9.53 Å². The monoisotopic (exact) mass is 267 g/mol. The summed E-state index contributed by atoms with van der Waals surface area (Å²) in [5.74, 6) is -0.190. The van der Waals surface area contributed by atoms with Crippen molar-refractivity contribution >= 4 is 17.7 Å². The maximum Gasteiger partial charge on any atom is 0.319 e. The molecule has 0 amide bonds. The van der Waals surface area contributed by atoms with Gasteiger partial charge in [0.15, 0.2) is 0 Å². The molecule has 100 valence electrons. The molecule has 0 aliphatic rings. The van der Waals surface area contributed by atoms with E-state index in [1.807, 2.05) is 0 Å². The van der Waals surface area contributed by atoms with Crippen LogP contribution in [-0.4, -0.2) is 36.8 Å². The zero-order chi connectivity index (χ0) is 13.5. The summed E-state index contributed by atoms with van der Waals surface area (Å²) >= 11 is 1.73. The van der Waals surface area contributed by atoms with Crippen LogP contribution in [0.1, 0.15) is 19.4 Å². The number of methoxy groups -OCH3 is 1. The maximum atomic E-state index is 11.4. The molecule has 3 nitrogen and oxygen atoms in total. The minimum absolute atomic E-state index is 0.190. The van der Waals surface area contributed by atoms with Crippen LogP contribution in [0.2, 0.25) is 0 Å². The van der Waals surface area contributed by atoms with Crippen molar-refractivity contribution in [3.63, 3.8) is 0 Å². The second-order valence-corrected chi connectivity index (χ2v) is 5.30. The number of esters is 1. The first-order valence-corrected chi connectivity index (χ1v) is 7.23. The highest BCUT2D eigenvalue weighted by Gasteiger charge is 2.14. The number of hydrogen-bond acceptors (Lipinski definition) is 4. The van der Waals surface area contributed by atoms with Gasteiger partial charge in [0.2, 0.25) is 0 Å². The summed E-state index contributed by atoms with van der Waals surface area (Å²) in [7, 11) is 1.42. The molecule has 0 heterocycles. The summed E-state index contributed by atoms with van der Waals surface area (Å²) in [6, 6.07) is 8.74. The Labute approximate surface area is 114 Å². The molecule has 1 rings (SSSR count). The third kappa shape index (κ3) is 4.70. The number of rotatable bonds is 6. The van der Waals surface area contributed by atoms with Crippen LogP contribution in [0.4, 0.5) is 0 Å². The van der Waals surface area contributed by atoms with Crippen LogP contribution in [0.15, 0.2) is 29.2 Å². The van der Waals surface area contributed by atoms with E-state index in [9.17, 15) is 4.79 Å². The molecule has 0 unspecified atom stereocenters. The van der Waals surface area contributed by atoms with Crippen molar-refractivity contribution in [1.82, 2.24) is 4.90 Å². The second kappa shape index (κ2) is 7.44. The van der Waals surface area contributed by atoms with Crippen LogP contribution in [-0.2, 0) is 16.1 Å². The van der Waals surface area contributed by atoms with E-state index in [4.69, 9.17) is 4.74 Å². The molecule has 0 fully saturated rings. The topological polar surface area (TPSA) is 29.5 Å². The van der Waals surface area contributed by atoms with Gasteiger partial charge in [0.1, 0.15) is 0 Å². The SMILES string of the molecule is COC(=O)CN(Cc1ccc(SC)cc1)C(C)C. The molecule has 0 saturated carbocycles. The fraction of sp³-hybridized carbons (Fsp3) is 0.500. The Morgan fingerprint density at radius 3 is 2.39 bits per heavy atom. The molecule has 0 aliphatic heterocycles. The molecular weight excluding hydrogens is 246 g/mol. The molecule has 0 spiro atoms. The first kappa shape index (κ1) is 15.1. The van der Waals surface area contributed by atoms with Crippen molar-refractivity contribution in [2.24, 2.45) is 0 Å². The van der Waals surface area contributed by atoms with Crippen molar-refractivity contribution in [2.45, 2.75) is 31.3 Å². The van der Waals surface area contributed by atoms with Crippen LogP contribution in [0, 0.1) is 0 Å². The third-order valence-corrected chi connectivity index (χ3v) is 3.58. The first-order valence-electron chi connectivity index (χ1n) is 6.00.